The van der Waals surface area contributed by atoms with Crippen molar-refractivity contribution in [2.24, 2.45) is 5.73 Å². The highest BCUT2D eigenvalue weighted by molar-refractivity contribution is 5.40. The van der Waals surface area contributed by atoms with Crippen molar-refractivity contribution in [3.05, 3.63) is 39.4 Å². The van der Waals surface area contributed by atoms with Crippen molar-refractivity contribution < 1.29 is 15.1 Å². The number of non-ortho nitro benzene ring substituents is 1. The Balaban J connectivity index is 2.95. The van der Waals surface area contributed by atoms with Crippen LogP contribution in [0.5, 0.6) is 0 Å². The smallest absolute Gasteiger partial charge is 0.269 e. The van der Waals surface area contributed by atoms with E-state index in [1.54, 1.807) is 6.92 Å². The van der Waals surface area contributed by atoms with E-state index in [4.69, 9.17) is 5.73 Å². The summed E-state index contributed by atoms with van der Waals surface area (Å²) in [5.74, 6) is 0. The molecule has 0 amide bonds. The Morgan fingerprint density at radius 2 is 2.12 bits per heavy atom. The van der Waals surface area contributed by atoms with Crippen molar-refractivity contribution in [1.29, 1.82) is 0 Å². The second-order valence-corrected chi connectivity index (χ2v) is 3.89. The minimum absolute atomic E-state index is 0.0354. The van der Waals surface area contributed by atoms with Gasteiger partial charge in [0, 0.05) is 12.1 Å². The summed E-state index contributed by atoms with van der Waals surface area (Å²) in [6.07, 6.45) is -1.75. The van der Waals surface area contributed by atoms with Gasteiger partial charge in [0.15, 0.2) is 0 Å². The zero-order valence-corrected chi connectivity index (χ0v) is 9.54. The lowest BCUT2D eigenvalue weighted by molar-refractivity contribution is -0.384. The number of nitrogens with two attached hydrogens (primary N) is 1. The average molecular weight is 240 g/mol. The summed E-state index contributed by atoms with van der Waals surface area (Å²) >= 11 is 0. The lowest BCUT2D eigenvalue weighted by atomic mass is 9.97. The van der Waals surface area contributed by atoms with E-state index in [-0.39, 0.29) is 18.7 Å². The van der Waals surface area contributed by atoms with Crippen molar-refractivity contribution >= 4 is 5.69 Å². The summed E-state index contributed by atoms with van der Waals surface area (Å²) in [6, 6.07) is 4.13. The van der Waals surface area contributed by atoms with Gasteiger partial charge in [-0.15, -0.1) is 0 Å². The molecular formula is C11H16N2O4. The lowest BCUT2D eigenvalue weighted by Crippen LogP contribution is -2.22. The van der Waals surface area contributed by atoms with Crippen molar-refractivity contribution in [3.8, 4) is 0 Å². The van der Waals surface area contributed by atoms with Gasteiger partial charge in [-0.2, -0.15) is 0 Å². The van der Waals surface area contributed by atoms with Gasteiger partial charge in [-0.25, -0.2) is 0 Å². The van der Waals surface area contributed by atoms with Gasteiger partial charge in [-0.3, -0.25) is 10.1 Å². The standard InChI is InChI=1S/C11H16N2O4/c1-7-6-8(13(16)17)2-3-9(7)11(15)10(14)4-5-12/h2-3,6,10-11,14-15H,4-5,12H2,1H3. The molecule has 0 radical (unpaired) electrons. The molecule has 0 aromatic heterocycles. The molecule has 0 spiro atoms. The van der Waals surface area contributed by atoms with E-state index in [1.165, 1.54) is 18.2 Å². The van der Waals surface area contributed by atoms with Gasteiger partial charge >= 0.3 is 0 Å². The number of hydrogen-bond donors (Lipinski definition) is 3. The van der Waals surface area contributed by atoms with Crippen LogP contribution in [-0.4, -0.2) is 27.8 Å². The van der Waals surface area contributed by atoms with Gasteiger partial charge in [0.1, 0.15) is 6.10 Å². The molecule has 0 aliphatic heterocycles. The van der Waals surface area contributed by atoms with E-state index in [0.29, 0.717) is 11.1 Å². The monoisotopic (exact) mass is 240 g/mol. The van der Waals surface area contributed by atoms with Gasteiger partial charge in [-0.1, -0.05) is 0 Å². The first-order chi connectivity index (χ1) is 7.97. The van der Waals surface area contributed by atoms with Crippen molar-refractivity contribution in [3.63, 3.8) is 0 Å². The third-order valence-electron chi connectivity index (χ3n) is 2.61. The van der Waals surface area contributed by atoms with E-state index in [2.05, 4.69) is 0 Å². The van der Waals surface area contributed by atoms with Crippen LogP contribution in [0.1, 0.15) is 23.7 Å². The molecule has 17 heavy (non-hydrogen) atoms. The SMILES string of the molecule is Cc1cc([N+](=O)[O-])ccc1C(O)C(O)CCN. The molecule has 6 nitrogen and oxygen atoms in total. The molecule has 4 N–H and O–H groups in total. The van der Waals surface area contributed by atoms with Crippen LogP contribution in [0, 0.1) is 17.0 Å². The molecule has 0 heterocycles. The fraction of sp³-hybridized carbons (Fsp3) is 0.455. The Morgan fingerprint density at radius 3 is 2.59 bits per heavy atom. The Hall–Kier alpha value is -1.50. The highest BCUT2D eigenvalue weighted by Crippen LogP contribution is 2.25. The summed E-state index contributed by atoms with van der Waals surface area (Å²) < 4.78 is 0. The molecule has 0 aliphatic rings. The Bertz CT molecular complexity index is 408. The number of nitrogens with zero attached hydrogens (tertiary/aromatic N) is 1. The summed E-state index contributed by atoms with van der Waals surface area (Å²) in [5.41, 5.74) is 6.31. The van der Waals surface area contributed by atoms with Crippen LogP contribution >= 0.6 is 0 Å². The van der Waals surface area contributed by atoms with Crippen molar-refractivity contribution in [1.82, 2.24) is 0 Å². The molecule has 0 fully saturated rings. The number of aryl methyl sites for hydroxylation is 1. The number of aliphatic hydroxyl groups excluding tert-OH is 2. The Labute approximate surface area is 98.8 Å². The van der Waals surface area contributed by atoms with Crippen LogP contribution in [0.3, 0.4) is 0 Å². The number of hydrogen-bond acceptors (Lipinski definition) is 5. The molecule has 2 unspecified atom stereocenters. The fourth-order valence-electron chi connectivity index (χ4n) is 1.64. The molecular weight excluding hydrogens is 224 g/mol. The van der Waals surface area contributed by atoms with E-state index >= 15 is 0 Å². The zero-order valence-electron chi connectivity index (χ0n) is 9.54. The molecule has 0 saturated carbocycles. The van der Waals surface area contributed by atoms with Crippen LogP contribution < -0.4 is 5.73 Å². The summed E-state index contributed by atoms with van der Waals surface area (Å²) in [5, 5.41) is 30.0. The topological polar surface area (TPSA) is 110 Å². The number of aliphatic hydroxyl groups is 2. The minimum Gasteiger partial charge on any atom is -0.390 e. The summed E-state index contributed by atoms with van der Waals surface area (Å²) in [6.45, 7) is 1.92. The maximum absolute atomic E-state index is 10.5. The number of rotatable bonds is 5. The molecule has 1 rings (SSSR count). The molecule has 94 valence electrons. The maximum atomic E-state index is 10.5. The first kappa shape index (κ1) is 13.6. The van der Waals surface area contributed by atoms with Crippen LogP contribution in [0.25, 0.3) is 0 Å². The van der Waals surface area contributed by atoms with Gasteiger partial charge in [0.05, 0.1) is 11.0 Å². The Kier molecular flexibility index (Phi) is 4.56. The predicted octanol–water partition coefficient (Wildman–Crippen LogP) is 0.646. The third-order valence-corrected chi connectivity index (χ3v) is 2.61. The fourth-order valence-corrected chi connectivity index (χ4v) is 1.64. The third kappa shape index (κ3) is 3.23. The summed E-state index contributed by atoms with van der Waals surface area (Å²) in [7, 11) is 0. The largest absolute Gasteiger partial charge is 0.390 e. The van der Waals surface area contributed by atoms with Crippen molar-refractivity contribution in [2.45, 2.75) is 25.6 Å². The van der Waals surface area contributed by atoms with Gasteiger partial charge < -0.3 is 15.9 Å². The Morgan fingerprint density at radius 1 is 1.47 bits per heavy atom. The van der Waals surface area contributed by atoms with E-state index in [1.807, 2.05) is 0 Å². The van der Waals surface area contributed by atoms with Crippen LogP contribution in [0.15, 0.2) is 18.2 Å². The number of nitro groups is 1. The molecule has 0 aliphatic carbocycles. The maximum Gasteiger partial charge on any atom is 0.269 e. The first-order valence-electron chi connectivity index (χ1n) is 5.28. The van der Waals surface area contributed by atoms with Crippen LogP contribution in [0.4, 0.5) is 5.69 Å². The van der Waals surface area contributed by atoms with E-state index < -0.39 is 17.1 Å². The molecule has 2 atom stereocenters. The normalized spacial score (nSPS) is 14.4. The zero-order chi connectivity index (χ0) is 13.0. The second-order valence-electron chi connectivity index (χ2n) is 3.89. The van der Waals surface area contributed by atoms with Crippen LogP contribution in [-0.2, 0) is 0 Å². The average Bonchev–Trinajstić information content (AvgIpc) is 2.28. The van der Waals surface area contributed by atoms with Gasteiger partial charge in [0.25, 0.3) is 5.69 Å². The summed E-state index contributed by atoms with van der Waals surface area (Å²) in [4.78, 5) is 10.0. The number of benzene rings is 1. The molecule has 1 aromatic rings. The molecule has 0 saturated heterocycles. The minimum atomic E-state index is -1.07. The predicted molar refractivity (Wildman–Crippen MR) is 62.5 cm³/mol. The highest BCUT2D eigenvalue weighted by atomic mass is 16.6. The first-order valence-corrected chi connectivity index (χ1v) is 5.28. The van der Waals surface area contributed by atoms with E-state index in [9.17, 15) is 20.3 Å². The van der Waals surface area contributed by atoms with E-state index in [0.717, 1.165) is 0 Å². The lowest BCUT2D eigenvalue weighted by Gasteiger charge is -2.19. The molecule has 1 aromatic carbocycles. The number of nitro benzene ring substituents is 1. The molecule has 6 heteroatoms. The second kappa shape index (κ2) is 5.72. The quantitative estimate of drug-likeness (QED) is 0.517. The highest BCUT2D eigenvalue weighted by Gasteiger charge is 2.20. The van der Waals surface area contributed by atoms with Gasteiger partial charge in [-0.05, 0) is 37.1 Å². The molecule has 0 bridgehead atoms. The van der Waals surface area contributed by atoms with Crippen LogP contribution in [0.2, 0.25) is 0 Å². The van der Waals surface area contributed by atoms with Gasteiger partial charge in [0.2, 0.25) is 0 Å². The van der Waals surface area contributed by atoms with Crippen molar-refractivity contribution in [2.75, 3.05) is 6.54 Å².